The third-order valence-corrected chi connectivity index (χ3v) is 5.28. The quantitative estimate of drug-likeness (QED) is 0.477. The fourth-order valence-electron chi connectivity index (χ4n) is 2.96. The molecule has 1 atom stereocenters. The standard InChI is InChI=1S/C19H21N5O3S/c1-12(2)10-16(17-8-5-9-28-17)20-19(25)18-13(3)23(22-21-18)14-6-4-7-15(11-14)24(26)27/h4-9,11-12,16H,10H2,1-3H3,(H,20,25). The predicted octanol–water partition coefficient (Wildman–Crippen LogP) is 4.06. The lowest BCUT2D eigenvalue weighted by molar-refractivity contribution is -0.384. The van der Waals surface area contributed by atoms with E-state index in [4.69, 9.17) is 0 Å². The number of benzene rings is 1. The van der Waals surface area contributed by atoms with E-state index in [1.54, 1.807) is 30.4 Å². The fraction of sp³-hybridized carbons (Fsp3) is 0.316. The van der Waals surface area contributed by atoms with Crippen LogP contribution in [0.2, 0.25) is 0 Å². The van der Waals surface area contributed by atoms with Crippen molar-refractivity contribution in [3.05, 3.63) is 68.2 Å². The van der Waals surface area contributed by atoms with E-state index in [2.05, 4.69) is 29.5 Å². The molecule has 0 saturated carbocycles. The van der Waals surface area contributed by atoms with Gasteiger partial charge in [0.15, 0.2) is 5.69 Å². The Kier molecular flexibility index (Phi) is 5.84. The summed E-state index contributed by atoms with van der Waals surface area (Å²) in [6.07, 6.45) is 0.810. The van der Waals surface area contributed by atoms with Gasteiger partial charge in [0, 0.05) is 17.0 Å². The third kappa shape index (κ3) is 4.25. The summed E-state index contributed by atoms with van der Waals surface area (Å²) in [6.45, 7) is 5.93. The summed E-state index contributed by atoms with van der Waals surface area (Å²) in [4.78, 5) is 24.5. The van der Waals surface area contributed by atoms with Crippen molar-refractivity contribution < 1.29 is 9.72 Å². The largest absolute Gasteiger partial charge is 0.343 e. The molecule has 2 aromatic heterocycles. The predicted molar refractivity (Wildman–Crippen MR) is 107 cm³/mol. The summed E-state index contributed by atoms with van der Waals surface area (Å²) in [7, 11) is 0. The van der Waals surface area contributed by atoms with Crippen LogP contribution in [0.4, 0.5) is 5.69 Å². The number of nitro groups is 1. The fourth-order valence-corrected chi connectivity index (χ4v) is 3.75. The molecule has 28 heavy (non-hydrogen) atoms. The molecule has 0 spiro atoms. The van der Waals surface area contributed by atoms with Crippen LogP contribution in [0.3, 0.4) is 0 Å². The lowest BCUT2D eigenvalue weighted by Gasteiger charge is -2.19. The molecule has 2 heterocycles. The maximum Gasteiger partial charge on any atom is 0.274 e. The van der Waals surface area contributed by atoms with Crippen LogP contribution in [0.15, 0.2) is 41.8 Å². The van der Waals surface area contributed by atoms with Crippen LogP contribution in [0.25, 0.3) is 5.69 Å². The number of hydrogen-bond donors (Lipinski definition) is 1. The highest BCUT2D eigenvalue weighted by Crippen LogP contribution is 2.26. The Morgan fingerprint density at radius 3 is 2.75 bits per heavy atom. The molecule has 0 fully saturated rings. The zero-order chi connectivity index (χ0) is 20.3. The summed E-state index contributed by atoms with van der Waals surface area (Å²) in [5.41, 5.74) is 1.16. The zero-order valence-electron chi connectivity index (χ0n) is 15.8. The topological polar surface area (TPSA) is 103 Å². The minimum Gasteiger partial charge on any atom is -0.343 e. The van der Waals surface area contributed by atoms with Crippen LogP contribution >= 0.6 is 11.3 Å². The van der Waals surface area contributed by atoms with Crippen LogP contribution in [-0.2, 0) is 0 Å². The number of nitrogens with zero attached hydrogens (tertiary/aromatic N) is 4. The van der Waals surface area contributed by atoms with Gasteiger partial charge in [0.25, 0.3) is 11.6 Å². The van der Waals surface area contributed by atoms with Gasteiger partial charge in [-0.05, 0) is 36.8 Å². The van der Waals surface area contributed by atoms with E-state index < -0.39 is 4.92 Å². The molecular weight excluding hydrogens is 378 g/mol. The van der Waals surface area contributed by atoms with Crippen LogP contribution in [-0.4, -0.2) is 25.8 Å². The van der Waals surface area contributed by atoms with Crippen LogP contribution in [0.5, 0.6) is 0 Å². The number of non-ortho nitro benzene ring substituents is 1. The molecule has 0 aliphatic rings. The summed E-state index contributed by atoms with van der Waals surface area (Å²) in [6, 6.07) is 9.92. The molecule has 0 radical (unpaired) electrons. The Balaban J connectivity index is 1.85. The highest BCUT2D eigenvalue weighted by molar-refractivity contribution is 7.10. The number of rotatable bonds is 7. The van der Waals surface area contributed by atoms with Gasteiger partial charge >= 0.3 is 0 Å². The molecule has 9 heteroatoms. The maximum absolute atomic E-state index is 12.8. The SMILES string of the molecule is Cc1c(C(=O)NC(CC(C)C)c2cccs2)nnn1-c1cccc([N+](=O)[O-])c1. The van der Waals surface area contributed by atoms with Gasteiger partial charge in [-0.25, -0.2) is 4.68 Å². The second kappa shape index (κ2) is 8.30. The monoisotopic (exact) mass is 399 g/mol. The first-order chi connectivity index (χ1) is 13.4. The van der Waals surface area contributed by atoms with Gasteiger partial charge in [-0.15, -0.1) is 16.4 Å². The van der Waals surface area contributed by atoms with E-state index in [9.17, 15) is 14.9 Å². The Morgan fingerprint density at radius 1 is 1.32 bits per heavy atom. The Bertz CT molecular complexity index is 981. The van der Waals surface area contributed by atoms with E-state index in [-0.39, 0.29) is 23.3 Å². The molecule has 1 amide bonds. The first-order valence-electron chi connectivity index (χ1n) is 8.88. The van der Waals surface area contributed by atoms with Crippen molar-refractivity contribution in [2.24, 2.45) is 5.92 Å². The lowest BCUT2D eigenvalue weighted by atomic mass is 10.0. The minimum atomic E-state index is -0.471. The van der Waals surface area contributed by atoms with Crippen molar-refractivity contribution in [1.29, 1.82) is 0 Å². The summed E-state index contributed by atoms with van der Waals surface area (Å²) < 4.78 is 1.44. The van der Waals surface area contributed by atoms with Crippen molar-refractivity contribution in [3.8, 4) is 5.69 Å². The van der Waals surface area contributed by atoms with Gasteiger partial charge in [-0.2, -0.15) is 0 Å². The van der Waals surface area contributed by atoms with E-state index in [0.717, 1.165) is 11.3 Å². The van der Waals surface area contributed by atoms with Gasteiger partial charge in [-0.1, -0.05) is 31.2 Å². The molecule has 1 aromatic carbocycles. The number of hydrogen-bond acceptors (Lipinski definition) is 6. The second-order valence-corrected chi connectivity index (χ2v) is 7.86. The van der Waals surface area contributed by atoms with Crippen molar-refractivity contribution >= 4 is 22.9 Å². The van der Waals surface area contributed by atoms with E-state index in [0.29, 0.717) is 17.3 Å². The molecule has 0 aliphatic heterocycles. The van der Waals surface area contributed by atoms with Crippen molar-refractivity contribution in [1.82, 2.24) is 20.3 Å². The Labute approximate surface area is 166 Å². The second-order valence-electron chi connectivity index (χ2n) is 6.88. The summed E-state index contributed by atoms with van der Waals surface area (Å²) in [5, 5.41) is 24.1. The number of nitro benzene ring substituents is 1. The van der Waals surface area contributed by atoms with Crippen LogP contribution in [0, 0.1) is 23.0 Å². The molecule has 0 saturated heterocycles. The van der Waals surface area contributed by atoms with E-state index >= 15 is 0 Å². The first-order valence-corrected chi connectivity index (χ1v) is 9.76. The smallest absolute Gasteiger partial charge is 0.274 e. The van der Waals surface area contributed by atoms with E-state index in [1.165, 1.54) is 16.8 Å². The van der Waals surface area contributed by atoms with Gasteiger partial charge in [-0.3, -0.25) is 14.9 Å². The number of carbonyl (C=O) groups is 1. The van der Waals surface area contributed by atoms with Gasteiger partial charge in [0.05, 0.1) is 22.3 Å². The molecule has 1 unspecified atom stereocenters. The summed E-state index contributed by atoms with van der Waals surface area (Å²) >= 11 is 1.60. The molecule has 0 aliphatic carbocycles. The third-order valence-electron chi connectivity index (χ3n) is 4.29. The average Bonchev–Trinajstić information content (AvgIpc) is 3.30. The zero-order valence-corrected chi connectivity index (χ0v) is 16.6. The number of aromatic nitrogens is 3. The summed E-state index contributed by atoms with van der Waals surface area (Å²) in [5.74, 6) is 0.0993. The first kappa shape index (κ1) is 19.7. The van der Waals surface area contributed by atoms with Crippen molar-refractivity contribution in [2.75, 3.05) is 0 Å². The van der Waals surface area contributed by atoms with Gasteiger partial charge < -0.3 is 5.32 Å². The molecule has 3 aromatic rings. The molecule has 1 N–H and O–H groups in total. The highest BCUT2D eigenvalue weighted by atomic mass is 32.1. The number of carbonyl (C=O) groups excluding carboxylic acids is 1. The average molecular weight is 399 g/mol. The molecule has 0 bridgehead atoms. The van der Waals surface area contributed by atoms with Crippen LogP contribution in [0.1, 0.15) is 47.4 Å². The van der Waals surface area contributed by atoms with Crippen LogP contribution < -0.4 is 5.32 Å². The highest BCUT2D eigenvalue weighted by Gasteiger charge is 2.23. The van der Waals surface area contributed by atoms with Gasteiger partial charge in [0.1, 0.15) is 0 Å². The molecule has 3 rings (SSSR count). The molecule has 8 nitrogen and oxygen atoms in total. The molecule has 146 valence electrons. The number of amides is 1. The lowest BCUT2D eigenvalue weighted by Crippen LogP contribution is -2.30. The number of thiophene rings is 1. The maximum atomic E-state index is 12.8. The molecular formula is C19H21N5O3S. The Hall–Kier alpha value is -3.07. The minimum absolute atomic E-state index is 0.0481. The van der Waals surface area contributed by atoms with Gasteiger partial charge in [0.2, 0.25) is 0 Å². The van der Waals surface area contributed by atoms with E-state index in [1.807, 2.05) is 17.5 Å². The normalized spacial score (nSPS) is 12.1. The Morgan fingerprint density at radius 2 is 2.11 bits per heavy atom. The van der Waals surface area contributed by atoms with Crippen molar-refractivity contribution in [2.45, 2.75) is 33.2 Å². The number of nitrogens with one attached hydrogen (secondary N) is 1. The van der Waals surface area contributed by atoms with Crippen molar-refractivity contribution in [3.63, 3.8) is 0 Å².